The van der Waals surface area contributed by atoms with Gasteiger partial charge in [-0.1, -0.05) is 35.3 Å². The first-order valence-electron chi connectivity index (χ1n) is 7.63. The zero-order valence-electron chi connectivity index (χ0n) is 13.4. The van der Waals surface area contributed by atoms with Crippen molar-refractivity contribution in [1.29, 1.82) is 0 Å². The Balaban J connectivity index is 1.53. The van der Waals surface area contributed by atoms with E-state index >= 15 is 0 Å². The van der Waals surface area contributed by atoms with E-state index in [1.165, 1.54) is 23.2 Å². The van der Waals surface area contributed by atoms with Gasteiger partial charge in [-0.2, -0.15) is 11.8 Å². The van der Waals surface area contributed by atoms with Crippen LogP contribution in [0.1, 0.15) is 15.9 Å². The molecule has 0 aromatic heterocycles. The summed E-state index contributed by atoms with van der Waals surface area (Å²) in [5, 5.41) is 2.11. The molecule has 2 aromatic rings. The predicted octanol–water partition coefficient (Wildman–Crippen LogP) is 4.71. The summed E-state index contributed by atoms with van der Waals surface area (Å²) in [6, 6.07) is 11.4. The molecule has 1 aliphatic heterocycles. The molecule has 0 unspecified atom stereocenters. The van der Waals surface area contributed by atoms with E-state index in [0.29, 0.717) is 38.3 Å². The summed E-state index contributed by atoms with van der Waals surface area (Å²) in [7, 11) is -3.40. The van der Waals surface area contributed by atoms with Gasteiger partial charge in [0.2, 0.25) is 9.84 Å². The lowest BCUT2D eigenvalue weighted by Crippen LogP contribution is -2.08. The van der Waals surface area contributed by atoms with Gasteiger partial charge in [0.1, 0.15) is 6.61 Å². The molecule has 0 N–H and O–H groups in total. The van der Waals surface area contributed by atoms with Gasteiger partial charge >= 0.3 is 5.97 Å². The summed E-state index contributed by atoms with van der Waals surface area (Å²) >= 11 is 13.4. The Morgan fingerprint density at radius 1 is 1.12 bits per heavy atom. The van der Waals surface area contributed by atoms with Crippen molar-refractivity contribution in [1.82, 2.24) is 0 Å². The molecule has 0 saturated heterocycles. The molecule has 0 radical (unpaired) electrons. The second-order valence-corrected chi connectivity index (χ2v) is 9.21. The Kier molecular flexibility index (Phi) is 5.97. The van der Waals surface area contributed by atoms with Crippen molar-refractivity contribution < 1.29 is 17.9 Å². The summed E-state index contributed by atoms with van der Waals surface area (Å²) in [6.45, 7) is 0.206. The van der Waals surface area contributed by atoms with Gasteiger partial charge in [0.25, 0.3) is 0 Å². The average Bonchev–Trinajstić information content (AvgIpc) is 2.84. The van der Waals surface area contributed by atoms with E-state index in [2.05, 4.69) is 0 Å². The van der Waals surface area contributed by atoms with Gasteiger partial charge in [-0.15, -0.1) is 0 Å². The van der Waals surface area contributed by atoms with E-state index in [1.54, 1.807) is 36.4 Å². The molecule has 1 aliphatic rings. The van der Waals surface area contributed by atoms with Crippen LogP contribution in [0.5, 0.6) is 0 Å². The summed E-state index contributed by atoms with van der Waals surface area (Å²) in [4.78, 5) is 12.2. The van der Waals surface area contributed by atoms with Gasteiger partial charge in [-0.3, -0.25) is 0 Å². The van der Waals surface area contributed by atoms with E-state index in [4.69, 9.17) is 27.9 Å². The molecule has 0 bridgehead atoms. The molecule has 8 heteroatoms. The number of fused-ring (bicyclic) bond motifs is 1. The van der Waals surface area contributed by atoms with Crippen molar-refractivity contribution in [2.45, 2.75) is 4.90 Å². The number of benzene rings is 2. The Morgan fingerprint density at radius 3 is 2.65 bits per heavy atom. The first-order valence-corrected chi connectivity index (χ1v) is 11.1. The van der Waals surface area contributed by atoms with Gasteiger partial charge in [0, 0.05) is 21.9 Å². The normalized spacial score (nSPS) is 14.6. The Hall–Kier alpha value is -1.47. The lowest BCUT2D eigenvalue weighted by molar-refractivity contribution is 0.0530. The summed E-state index contributed by atoms with van der Waals surface area (Å²) < 4.78 is 29.5. The number of thioether (sulfide) groups is 1. The Bertz CT molecular complexity index is 984. The Labute approximate surface area is 166 Å². The smallest absolute Gasteiger partial charge is 0.339 e. The Morgan fingerprint density at radius 2 is 1.88 bits per heavy atom. The molecule has 3 rings (SSSR count). The fraction of sp³-hybridized carbons (Fsp3) is 0.167. The number of rotatable bonds is 6. The average molecular weight is 429 g/mol. The number of carbonyl (C=O) groups is 1. The van der Waals surface area contributed by atoms with Crippen LogP contribution in [0.15, 0.2) is 52.8 Å². The van der Waals surface area contributed by atoms with Gasteiger partial charge in [-0.25, -0.2) is 13.2 Å². The van der Waals surface area contributed by atoms with E-state index in [1.807, 2.05) is 0 Å². The molecular formula is C18H14Cl2O4S2. The van der Waals surface area contributed by atoms with Gasteiger partial charge in [0.05, 0.1) is 15.5 Å². The first-order chi connectivity index (χ1) is 12.4. The number of carbonyl (C=O) groups excluding carboxylic acids is 1. The number of ether oxygens (including phenoxy) is 1. The van der Waals surface area contributed by atoms with Crippen LogP contribution in [0.25, 0.3) is 5.57 Å². The molecule has 0 spiro atoms. The SMILES string of the molecule is O=C(OCCSCC1=CS(=O)(=O)c2ccc(Cl)cc21)c1ccccc1Cl. The minimum Gasteiger partial charge on any atom is -0.461 e. The molecule has 4 nitrogen and oxygen atoms in total. The molecule has 0 amide bonds. The molecular weight excluding hydrogens is 415 g/mol. The molecule has 0 saturated carbocycles. The zero-order chi connectivity index (χ0) is 18.7. The summed E-state index contributed by atoms with van der Waals surface area (Å²) in [5.41, 5.74) is 1.66. The molecule has 136 valence electrons. The fourth-order valence-corrected chi connectivity index (χ4v) is 5.27. The van der Waals surface area contributed by atoms with Crippen molar-refractivity contribution >= 4 is 56.3 Å². The van der Waals surface area contributed by atoms with Crippen LogP contribution in [0.2, 0.25) is 10.0 Å². The highest BCUT2D eigenvalue weighted by Crippen LogP contribution is 2.36. The van der Waals surface area contributed by atoms with E-state index < -0.39 is 15.8 Å². The van der Waals surface area contributed by atoms with Crippen LogP contribution in [-0.2, 0) is 14.6 Å². The van der Waals surface area contributed by atoms with Crippen molar-refractivity contribution in [3.8, 4) is 0 Å². The third kappa shape index (κ3) is 4.26. The number of sulfone groups is 1. The maximum atomic E-state index is 12.1. The monoisotopic (exact) mass is 428 g/mol. The van der Waals surface area contributed by atoms with E-state index in [-0.39, 0.29) is 11.5 Å². The predicted molar refractivity (Wildman–Crippen MR) is 106 cm³/mol. The third-order valence-electron chi connectivity index (χ3n) is 3.70. The number of hydrogen-bond donors (Lipinski definition) is 0. The second-order valence-electron chi connectivity index (χ2n) is 5.50. The maximum absolute atomic E-state index is 12.1. The molecule has 2 aromatic carbocycles. The first kappa shape index (κ1) is 19.3. The van der Waals surface area contributed by atoms with Crippen LogP contribution in [0.3, 0.4) is 0 Å². The third-order valence-corrected chi connectivity index (χ3v) is 6.80. The van der Waals surface area contributed by atoms with E-state index in [9.17, 15) is 13.2 Å². The molecule has 26 heavy (non-hydrogen) atoms. The van der Waals surface area contributed by atoms with Crippen LogP contribution >= 0.6 is 35.0 Å². The summed E-state index contributed by atoms with van der Waals surface area (Å²) in [6.07, 6.45) is 0. The minimum atomic E-state index is -3.40. The van der Waals surface area contributed by atoms with Crippen molar-refractivity contribution in [3.05, 3.63) is 69.0 Å². The van der Waals surface area contributed by atoms with E-state index in [0.717, 1.165) is 0 Å². The van der Waals surface area contributed by atoms with Crippen LogP contribution in [0.4, 0.5) is 0 Å². The number of esters is 1. The van der Waals surface area contributed by atoms with Crippen LogP contribution < -0.4 is 0 Å². The van der Waals surface area contributed by atoms with Crippen LogP contribution in [0, 0.1) is 0 Å². The molecule has 1 heterocycles. The molecule has 0 fully saturated rings. The fourth-order valence-electron chi connectivity index (χ4n) is 2.51. The lowest BCUT2D eigenvalue weighted by atomic mass is 10.1. The molecule has 0 atom stereocenters. The zero-order valence-corrected chi connectivity index (χ0v) is 16.6. The quantitative estimate of drug-likeness (QED) is 0.492. The van der Waals surface area contributed by atoms with Crippen molar-refractivity contribution in [2.75, 3.05) is 18.1 Å². The lowest BCUT2D eigenvalue weighted by Gasteiger charge is -2.07. The van der Waals surface area contributed by atoms with Crippen molar-refractivity contribution in [3.63, 3.8) is 0 Å². The maximum Gasteiger partial charge on any atom is 0.339 e. The van der Waals surface area contributed by atoms with Gasteiger partial charge < -0.3 is 4.74 Å². The highest BCUT2D eigenvalue weighted by atomic mass is 35.5. The number of hydrogen-bond acceptors (Lipinski definition) is 5. The van der Waals surface area contributed by atoms with Gasteiger partial charge in [-0.05, 0) is 41.5 Å². The molecule has 0 aliphatic carbocycles. The second kappa shape index (κ2) is 8.05. The minimum absolute atomic E-state index is 0.206. The van der Waals surface area contributed by atoms with Crippen LogP contribution in [-0.4, -0.2) is 32.5 Å². The highest BCUT2D eigenvalue weighted by molar-refractivity contribution is 8.00. The topological polar surface area (TPSA) is 60.4 Å². The summed E-state index contributed by atoms with van der Waals surface area (Å²) in [5.74, 6) is 0.538. The van der Waals surface area contributed by atoms with Crippen molar-refractivity contribution in [2.24, 2.45) is 0 Å². The number of halogens is 2. The standard InChI is InChI=1S/C18H14Cl2O4S2/c19-13-5-6-17-15(9-13)12(11-26(17,22)23)10-25-8-7-24-18(21)14-3-1-2-4-16(14)20/h1-6,9,11H,7-8,10H2. The highest BCUT2D eigenvalue weighted by Gasteiger charge is 2.26. The van der Waals surface area contributed by atoms with Gasteiger partial charge in [0.15, 0.2) is 0 Å². The largest absolute Gasteiger partial charge is 0.461 e.